The molecule has 3 heterocycles. The lowest BCUT2D eigenvalue weighted by atomic mass is 9.89. The van der Waals surface area contributed by atoms with Crippen LogP contribution in [-0.2, 0) is 4.79 Å². The number of nitriles is 1. The van der Waals surface area contributed by atoms with Gasteiger partial charge in [-0.25, -0.2) is 4.39 Å². The number of halogens is 1. The van der Waals surface area contributed by atoms with E-state index in [9.17, 15) is 9.18 Å². The van der Waals surface area contributed by atoms with E-state index in [2.05, 4.69) is 21.9 Å². The van der Waals surface area contributed by atoms with Crippen LogP contribution in [-0.4, -0.2) is 56.7 Å². The van der Waals surface area contributed by atoms with Crippen LogP contribution in [0.3, 0.4) is 0 Å². The van der Waals surface area contributed by atoms with Crippen molar-refractivity contribution in [1.29, 1.82) is 5.26 Å². The molecule has 7 heteroatoms. The van der Waals surface area contributed by atoms with Crippen molar-refractivity contribution in [3.05, 3.63) is 53.3 Å². The number of hydrogen-bond donors (Lipinski definition) is 0. The number of hydrogen-bond acceptors (Lipinski definition) is 5. The van der Waals surface area contributed by atoms with Crippen LogP contribution in [0.2, 0.25) is 0 Å². The lowest BCUT2D eigenvalue weighted by Crippen LogP contribution is -2.51. The summed E-state index contributed by atoms with van der Waals surface area (Å²) in [6.45, 7) is 3.72. The quantitative estimate of drug-likeness (QED) is 0.696. The molecule has 0 N–H and O–H groups in total. The Morgan fingerprint density at radius 1 is 1.29 bits per heavy atom. The van der Waals surface area contributed by atoms with E-state index in [-0.39, 0.29) is 5.91 Å². The maximum atomic E-state index is 13.4. The highest BCUT2D eigenvalue weighted by atomic mass is 19.1. The number of benzene rings is 2. The zero-order valence-electron chi connectivity index (χ0n) is 17.6. The van der Waals surface area contributed by atoms with E-state index in [0.29, 0.717) is 36.4 Å². The van der Waals surface area contributed by atoms with Crippen LogP contribution in [0.15, 0.2) is 36.4 Å². The summed E-state index contributed by atoms with van der Waals surface area (Å²) < 4.78 is 19.1. The minimum absolute atomic E-state index is 0.152. The molecule has 0 saturated carbocycles. The molecule has 1 amide bonds. The second-order valence-corrected chi connectivity index (χ2v) is 8.51. The van der Waals surface area contributed by atoms with Crippen molar-refractivity contribution in [1.82, 2.24) is 4.90 Å². The average Bonchev–Trinajstić information content (AvgIpc) is 3.09. The molecule has 2 aromatic carbocycles. The van der Waals surface area contributed by atoms with Crippen LogP contribution in [0.5, 0.6) is 5.75 Å². The topological polar surface area (TPSA) is 59.8 Å². The van der Waals surface area contributed by atoms with Crippen molar-refractivity contribution in [3.63, 3.8) is 0 Å². The summed E-state index contributed by atoms with van der Waals surface area (Å²) in [6, 6.07) is 12.7. The van der Waals surface area contributed by atoms with Gasteiger partial charge in [-0.05, 0) is 36.6 Å². The third kappa shape index (κ3) is 3.41. The smallest absolute Gasteiger partial charge is 0.246 e. The van der Waals surface area contributed by atoms with Crippen molar-refractivity contribution >= 4 is 17.3 Å². The molecule has 0 spiro atoms. The van der Waals surface area contributed by atoms with Gasteiger partial charge in [-0.1, -0.05) is 12.1 Å². The van der Waals surface area contributed by atoms with Crippen molar-refractivity contribution in [2.45, 2.75) is 24.8 Å². The Morgan fingerprint density at radius 3 is 3.00 bits per heavy atom. The molecule has 0 aliphatic carbocycles. The Labute approximate surface area is 181 Å². The van der Waals surface area contributed by atoms with Gasteiger partial charge in [0.2, 0.25) is 5.91 Å². The number of carbonyl (C=O) groups is 1. The van der Waals surface area contributed by atoms with Gasteiger partial charge in [-0.15, -0.1) is 0 Å². The highest BCUT2D eigenvalue weighted by Crippen LogP contribution is 2.50. The van der Waals surface area contributed by atoms with E-state index < -0.39 is 5.82 Å². The third-order valence-electron chi connectivity index (χ3n) is 6.77. The number of fused-ring (bicyclic) bond motifs is 3. The molecular weight excluding hydrogens is 395 g/mol. The second-order valence-electron chi connectivity index (χ2n) is 8.51. The van der Waals surface area contributed by atoms with Crippen molar-refractivity contribution in [2.75, 3.05) is 49.6 Å². The first-order valence-corrected chi connectivity index (χ1v) is 10.8. The fraction of sp³-hybridized carbons (Fsp3) is 0.417. The average molecular weight is 420 g/mol. The number of ether oxygens (including phenoxy) is 1. The van der Waals surface area contributed by atoms with E-state index in [0.717, 1.165) is 38.2 Å². The van der Waals surface area contributed by atoms with Gasteiger partial charge in [-0.3, -0.25) is 4.79 Å². The molecule has 1 fully saturated rings. The number of para-hydroxylation sites is 1. The monoisotopic (exact) mass is 420 g/mol. The van der Waals surface area contributed by atoms with Crippen LogP contribution >= 0.6 is 0 Å². The van der Waals surface area contributed by atoms with Crippen LogP contribution in [0, 0.1) is 17.1 Å². The summed E-state index contributed by atoms with van der Waals surface area (Å²) in [6.07, 6.45) is 1.83. The summed E-state index contributed by atoms with van der Waals surface area (Å²) >= 11 is 0. The maximum Gasteiger partial charge on any atom is 0.246 e. The number of amides is 1. The second kappa shape index (κ2) is 7.86. The predicted octanol–water partition coefficient (Wildman–Crippen LogP) is 3.12. The molecule has 3 aliphatic rings. The first-order chi connectivity index (χ1) is 15.1. The highest BCUT2D eigenvalue weighted by molar-refractivity contribution is 6.04. The first kappa shape index (κ1) is 19.8. The first-order valence-electron chi connectivity index (χ1n) is 10.8. The van der Waals surface area contributed by atoms with Gasteiger partial charge in [0, 0.05) is 44.7 Å². The van der Waals surface area contributed by atoms with Gasteiger partial charge >= 0.3 is 0 Å². The minimum atomic E-state index is -0.402. The van der Waals surface area contributed by atoms with Gasteiger partial charge in [0.1, 0.15) is 17.6 Å². The molecular formula is C24H25FN4O2. The molecule has 0 unspecified atom stereocenters. The summed E-state index contributed by atoms with van der Waals surface area (Å²) in [5.74, 6) is 0.457. The van der Waals surface area contributed by atoms with Crippen LogP contribution in [0.4, 0.5) is 15.8 Å². The standard InChI is InChI=1S/C24H25FN4O2/c1-27-21-5-2-4-18-19-14-28(10-8-20(19)29(24(18)21)15-23(27)30)9-3-11-31-22-12-17(25)7-6-16(22)13-26/h2,4-7,12,19-20H,3,8-11,14-15H2,1H3/t19-,20-/m0/s1. The van der Waals surface area contributed by atoms with E-state index in [1.54, 1.807) is 4.90 Å². The largest absolute Gasteiger partial charge is 0.492 e. The Morgan fingerprint density at radius 2 is 2.16 bits per heavy atom. The van der Waals surface area contributed by atoms with Crippen molar-refractivity contribution in [3.8, 4) is 11.8 Å². The van der Waals surface area contributed by atoms with Gasteiger partial charge in [0.25, 0.3) is 0 Å². The summed E-state index contributed by atoms with van der Waals surface area (Å²) in [7, 11) is 1.86. The van der Waals surface area contributed by atoms with Crippen LogP contribution < -0.4 is 14.5 Å². The van der Waals surface area contributed by atoms with Gasteiger partial charge in [0.05, 0.1) is 30.1 Å². The van der Waals surface area contributed by atoms with E-state index >= 15 is 0 Å². The molecule has 3 aliphatic heterocycles. The molecule has 2 aromatic rings. The van der Waals surface area contributed by atoms with E-state index in [4.69, 9.17) is 10.00 Å². The molecule has 160 valence electrons. The number of likely N-dealkylation sites (N-methyl/N-ethyl adjacent to an activating group) is 1. The normalized spacial score (nSPS) is 22.2. The Kier molecular flexibility index (Phi) is 5.03. The lowest BCUT2D eigenvalue weighted by molar-refractivity contribution is -0.117. The molecule has 2 atom stereocenters. The van der Waals surface area contributed by atoms with E-state index in [1.165, 1.54) is 29.4 Å². The number of carbonyl (C=O) groups excluding carboxylic acids is 1. The highest BCUT2D eigenvalue weighted by Gasteiger charge is 2.46. The SMILES string of the molecule is CN1C(=O)CN2c3c(cccc31)[C@@H]1CN(CCCOc3cc(F)ccc3C#N)CC[C@@H]12. The number of likely N-dealkylation sites (tertiary alicyclic amines) is 1. The maximum absolute atomic E-state index is 13.4. The van der Waals surface area contributed by atoms with Gasteiger partial charge in [0.15, 0.2) is 0 Å². The Bertz CT molecular complexity index is 1070. The summed E-state index contributed by atoms with van der Waals surface area (Å²) in [4.78, 5) is 19.0. The Balaban J connectivity index is 1.22. The molecule has 1 saturated heterocycles. The zero-order chi connectivity index (χ0) is 21.5. The molecule has 0 aromatic heterocycles. The lowest BCUT2D eigenvalue weighted by Gasteiger charge is -2.40. The van der Waals surface area contributed by atoms with Crippen LogP contribution in [0.25, 0.3) is 0 Å². The summed E-state index contributed by atoms with van der Waals surface area (Å²) in [5, 5.41) is 9.15. The Hall–Kier alpha value is -3.11. The predicted molar refractivity (Wildman–Crippen MR) is 116 cm³/mol. The molecule has 5 rings (SSSR count). The summed E-state index contributed by atoms with van der Waals surface area (Å²) in [5.41, 5.74) is 3.96. The van der Waals surface area contributed by atoms with Gasteiger partial charge in [-0.2, -0.15) is 5.26 Å². The van der Waals surface area contributed by atoms with Crippen LogP contribution in [0.1, 0.15) is 29.9 Å². The van der Waals surface area contributed by atoms with Gasteiger partial charge < -0.3 is 19.4 Å². The third-order valence-corrected chi connectivity index (χ3v) is 6.77. The number of nitrogens with zero attached hydrogens (tertiary/aromatic N) is 4. The number of piperidine rings is 1. The molecule has 6 nitrogen and oxygen atoms in total. The zero-order valence-corrected chi connectivity index (χ0v) is 17.6. The molecule has 0 bridgehead atoms. The fourth-order valence-electron chi connectivity index (χ4n) is 5.25. The number of rotatable bonds is 5. The molecule has 31 heavy (non-hydrogen) atoms. The minimum Gasteiger partial charge on any atom is -0.492 e. The molecule has 0 radical (unpaired) electrons. The van der Waals surface area contributed by atoms with E-state index in [1.807, 2.05) is 19.2 Å². The fourth-order valence-corrected chi connectivity index (χ4v) is 5.25. The number of anilines is 2. The van der Waals surface area contributed by atoms with Crippen molar-refractivity contribution in [2.24, 2.45) is 0 Å². The van der Waals surface area contributed by atoms with Crippen molar-refractivity contribution < 1.29 is 13.9 Å².